The number of benzene rings is 1. The first kappa shape index (κ1) is 17.4. The largest absolute Gasteiger partial charge is 0.455 e. The molecule has 0 aromatic heterocycles. The van der Waals surface area contributed by atoms with E-state index in [4.69, 9.17) is 39.5 Å². The quantitative estimate of drug-likeness (QED) is 0.623. The molecule has 4 nitrogen and oxygen atoms in total. The third-order valence-electron chi connectivity index (χ3n) is 3.69. The van der Waals surface area contributed by atoms with Crippen molar-refractivity contribution in [2.75, 3.05) is 13.2 Å². The summed E-state index contributed by atoms with van der Waals surface area (Å²) in [7, 11) is 0. The zero-order valence-corrected chi connectivity index (χ0v) is 14.3. The van der Waals surface area contributed by atoms with Crippen LogP contribution in [0.1, 0.15) is 18.9 Å². The Bertz CT molecular complexity index is 574. The summed E-state index contributed by atoms with van der Waals surface area (Å²) in [6.45, 7) is 1.73. The summed E-state index contributed by atoms with van der Waals surface area (Å²) in [5, 5.41) is 3.35. The molecule has 0 aliphatic heterocycles. The van der Waals surface area contributed by atoms with Gasteiger partial charge in [-0.3, -0.25) is 9.59 Å². The maximum atomic E-state index is 11.8. The predicted molar refractivity (Wildman–Crippen MR) is 86.3 cm³/mol. The summed E-state index contributed by atoms with van der Waals surface area (Å²) >= 11 is 17.5. The van der Waals surface area contributed by atoms with Gasteiger partial charge in [0.25, 0.3) is 5.91 Å². The number of nitrogens with one attached hydrogen (secondary N) is 1. The molecule has 7 heteroatoms. The monoisotopic (exact) mass is 363 g/mol. The van der Waals surface area contributed by atoms with Crippen molar-refractivity contribution in [3.05, 3.63) is 34.9 Å². The second-order valence-electron chi connectivity index (χ2n) is 5.52. The molecule has 22 heavy (non-hydrogen) atoms. The first-order chi connectivity index (χ1) is 10.2. The molecule has 1 amide bonds. The number of carbonyl (C=O) groups is 2. The first-order valence-electron chi connectivity index (χ1n) is 6.81. The van der Waals surface area contributed by atoms with Crippen molar-refractivity contribution in [3.63, 3.8) is 0 Å². The smallest absolute Gasteiger partial charge is 0.315 e. The highest BCUT2D eigenvalue weighted by Crippen LogP contribution is 2.64. The average molecular weight is 365 g/mol. The second kappa shape index (κ2) is 6.65. The van der Waals surface area contributed by atoms with Gasteiger partial charge in [0.05, 0.1) is 0 Å². The Hall–Kier alpha value is -0.970. The van der Waals surface area contributed by atoms with E-state index >= 15 is 0 Å². The number of esters is 1. The minimum Gasteiger partial charge on any atom is -0.455 e. The molecular formula is C15H16Cl3NO3. The normalized spacial score (nSPS) is 22.0. The summed E-state index contributed by atoms with van der Waals surface area (Å²) in [6.07, 6.45) is 1.00. The van der Waals surface area contributed by atoms with Gasteiger partial charge in [0.15, 0.2) is 6.61 Å². The average Bonchev–Trinajstić information content (AvgIpc) is 2.98. The Balaban J connectivity index is 1.66. The molecule has 0 heterocycles. The van der Waals surface area contributed by atoms with E-state index in [1.54, 1.807) is 19.1 Å². The van der Waals surface area contributed by atoms with E-state index in [1.165, 1.54) is 0 Å². The molecule has 1 unspecified atom stereocenters. The Morgan fingerprint density at radius 1 is 1.27 bits per heavy atom. The van der Waals surface area contributed by atoms with Gasteiger partial charge in [-0.2, -0.15) is 0 Å². The molecule has 1 aromatic carbocycles. The van der Waals surface area contributed by atoms with Crippen molar-refractivity contribution in [1.29, 1.82) is 0 Å². The molecule has 1 aliphatic rings. The lowest BCUT2D eigenvalue weighted by molar-refractivity contribution is -0.153. The third kappa shape index (κ3) is 4.06. The van der Waals surface area contributed by atoms with Crippen LogP contribution in [0.5, 0.6) is 0 Å². The minimum absolute atomic E-state index is 0.333. The number of rotatable bonds is 6. The summed E-state index contributed by atoms with van der Waals surface area (Å²) < 4.78 is 3.86. The zero-order chi connectivity index (χ0) is 16.4. The molecule has 1 saturated carbocycles. The highest BCUT2D eigenvalue weighted by atomic mass is 35.5. The fourth-order valence-electron chi connectivity index (χ4n) is 1.96. The SMILES string of the molecule is CC1(C(=O)OCC(=O)NCCc2ccc(Cl)cc2)CC1(Cl)Cl. The van der Waals surface area contributed by atoms with Crippen molar-refractivity contribution in [3.8, 4) is 0 Å². The maximum Gasteiger partial charge on any atom is 0.315 e. The van der Waals surface area contributed by atoms with Crippen LogP contribution in [-0.4, -0.2) is 29.4 Å². The molecule has 1 atom stereocenters. The lowest BCUT2D eigenvalue weighted by atomic mass is 10.1. The molecule has 2 rings (SSSR count). The molecular weight excluding hydrogens is 349 g/mol. The number of alkyl halides is 2. The van der Waals surface area contributed by atoms with Crippen molar-refractivity contribution < 1.29 is 14.3 Å². The van der Waals surface area contributed by atoms with Crippen LogP contribution in [0.4, 0.5) is 0 Å². The molecule has 0 bridgehead atoms. The number of ether oxygens (including phenoxy) is 1. The van der Waals surface area contributed by atoms with E-state index in [9.17, 15) is 9.59 Å². The fraction of sp³-hybridized carbons (Fsp3) is 0.467. The van der Waals surface area contributed by atoms with Crippen LogP contribution in [-0.2, 0) is 20.7 Å². The Kier molecular flexibility index (Phi) is 5.25. The Morgan fingerprint density at radius 2 is 1.86 bits per heavy atom. The van der Waals surface area contributed by atoms with Crippen LogP contribution in [0.15, 0.2) is 24.3 Å². The number of amides is 1. The number of hydrogen-bond donors (Lipinski definition) is 1. The first-order valence-corrected chi connectivity index (χ1v) is 7.94. The van der Waals surface area contributed by atoms with Gasteiger partial charge >= 0.3 is 5.97 Å². The van der Waals surface area contributed by atoms with Crippen LogP contribution in [0, 0.1) is 5.41 Å². The molecule has 1 aliphatic carbocycles. The van der Waals surface area contributed by atoms with Gasteiger partial charge in [0, 0.05) is 18.0 Å². The third-order valence-corrected chi connectivity index (χ3v) is 5.05. The van der Waals surface area contributed by atoms with Gasteiger partial charge in [0.1, 0.15) is 9.75 Å². The number of carbonyl (C=O) groups excluding carboxylic acids is 2. The van der Waals surface area contributed by atoms with Crippen LogP contribution >= 0.6 is 34.8 Å². The summed E-state index contributed by atoms with van der Waals surface area (Å²) in [5.74, 6) is -0.911. The molecule has 120 valence electrons. The second-order valence-corrected chi connectivity index (χ2v) is 7.44. The summed E-state index contributed by atoms with van der Waals surface area (Å²) in [4.78, 5) is 23.4. The standard InChI is InChI=1S/C15H16Cl3NO3/c1-14(9-15(14,17)18)13(21)22-8-12(20)19-7-6-10-2-4-11(16)5-3-10/h2-5H,6-9H2,1H3,(H,19,20). The van der Waals surface area contributed by atoms with Gasteiger partial charge in [-0.1, -0.05) is 23.7 Å². The lowest BCUT2D eigenvalue weighted by Gasteiger charge is -2.11. The van der Waals surface area contributed by atoms with Crippen LogP contribution < -0.4 is 5.32 Å². The molecule has 1 fully saturated rings. The van der Waals surface area contributed by atoms with Gasteiger partial charge in [0.2, 0.25) is 0 Å². The van der Waals surface area contributed by atoms with Crippen molar-refractivity contribution in [2.24, 2.45) is 5.41 Å². The van der Waals surface area contributed by atoms with Crippen molar-refractivity contribution >= 4 is 46.7 Å². The Labute approximate surface area is 144 Å². The van der Waals surface area contributed by atoms with Crippen LogP contribution in [0.25, 0.3) is 0 Å². The minimum atomic E-state index is -1.09. The van der Waals surface area contributed by atoms with E-state index in [2.05, 4.69) is 5.32 Å². The molecule has 0 radical (unpaired) electrons. The fourth-order valence-corrected chi connectivity index (χ4v) is 2.77. The highest BCUT2D eigenvalue weighted by molar-refractivity contribution is 6.53. The van der Waals surface area contributed by atoms with Crippen molar-refractivity contribution in [1.82, 2.24) is 5.32 Å². The number of hydrogen-bond acceptors (Lipinski definition) is 3. The van der Waals surface area contributed by atoms with Crippen LogP contribution in [0.3, 0.4) is 0 Å². The number of halogens is 3. The molecule has 1 N–H and O–H groups in total. The van der Waals surface area contributed by atoms with Gasteiger partial charge < -0.3 is 10.1 Å². The van der Waals surface area contributed by atoms with Gasteiger partial charge in [-0.25, -0.2) is 0 Å². The van der Waals surface area contributed by atoms with Gasteiger partial charge in [-0.05, 0) is 31.0 Å². The van der Waals surface area contributed by atoms with E-state index in [0.29, 0.717) is 24.4 Å². The summed E-state index contributed by atoms with van der Waals surface area (Å²) in [5.41, 5.74) is 0.140. The zero-order valence-electron chi connectivity index (χ0n) is 12.0. The van der Waals surface area contributed by atoms with E-state index in [0.717, 1.165) is 5.56 Å². The van der Waals surface area contributed by atoms with Crippen molar-refractivity contribution in [2.45, 2.75) is 24.1 Å². The molecule has 1 aromatic rings. The predicted octanol–water partition coefficient (Wildman–Crippen LogP) is 3.13. The Morgan fingerprint density at radius 3 is 2.41 bits per heavy atom. The van der Waals surface area contributed by atoms with E-state index < -0.39 is 15.7 Å². The van der Waals surface area contributed by atoms with E-state index in [-0.39, 0.29) is 12.5 Å². The lowest BCUT2D eigenvalue weighted by Crippen LogP contribution is -2.32. The molecule has 0 saturated heterocycles. The van der Waals surface area contributed by atoms with Crippen LogP contribution in [0.2, 0.25) is 5.02 Å². The van der Waals surface area contributed by atoms with E-state index in [1.807, 2.05) is 12.1 Å². The topological polar surface area (TPSA) is 55.4 Å². The van der Waals surface area contributed by atoms with Gasteiger partial charge in [-0.15, -0.1) is 23.2 Å². The maximum absolute atomic E-state index is 11.8. The highest BCUT2D eigenvalue weighted by Gasteiger charge is 2.69. The molecule has 0 spiro atoms. The summed E-state index contributed by atoms with van der Waals surface area (Å²) in [6, 6.07) is 7.37.